The molecule has 3 heterocycles. The summed E-state index contributed by atoms with van der Waals surface area (Å²) in [5, 5.41) is 6.72. The van der Waals surface area contributed by atoms with Gasteiger partial charge < -0.3 is 15.5 Å². The van der Waals surface area contributed by atoms with Crippen molar-refractivity contribution < 1.29 is 9.59 Å². The van der Waals surface area contributed by atoms with E-state index in [0.29, 0.717) is 41.3 Å². The van der Waals surface area contributed by atoms with Gasteiger partial charge in [-0.05, 0) is 68.2 Å². The number of ketones is 1. The number of hydrogen-bond donors (Lipinski definition) is 2. The van der Waals surface area contributed by atoms with Gasteiger partial charge in [0, 0.05) is 59.6 Å². The number of piperidine rings is 1. The number of amides is 2. The smallest absolute Gasteiger partial charge is 0.321 e. The Labute approximate surface area is 215 Å². The van der Waals surface area contributed by atoms with Gasteiger partial charge in [-0.15, -0.1) is 0 Å². The molecule has 2 aromatic heterocycles. The van der Waals surface area contributed by atoms with Crippen LogP contribution in [0.2, 0.25) is 0 Å². The summed E-state index contributed by atoms with van der Waals surface area (Å²) in [5.74, 6) is 1.16. The Bertz CT molecular complexity index is 1240. The number of thioether (sulfide) groups is 1. The molecule has 0 bridgehead atoms. The van der Waals surface area contributed by atoms with E-state index in [1.165, 1.54) is 0 Å². The Morgan fingerprint density at radius 3 is 2.69 bits per heavy atom. The van der Waals surface area contributed by atoms with Crippen LogP contribution in [0, 0.1) is 6.92 Å². The fourth-order valence-corrected chi connectivity index (χ4v) is 4.98. The number of aryl methyl sites for hydroxylation is 1. The standard InChI is InChI=1S/C27H30N6O2S/c1-18-6-7-22(30-27(35)33-13-9-23(10-14-33)36-17-19(2)20(3)34)15-25(18)32-26-29-12-8-24(31-26)21-5-4-11-28-16-21/h4-8,11-12,15-16,23H,2,9-10,13-14,17H2,1,3H3,(H,30,35)(H,29,31,32). The summed E-state index contributed by atoms with van der Waals surface area (Å²) in [7, 11) is 0. The summed E-state index contributed by atoms with van der Waals surface area (Å²) in [5.41, 5.74) is 4.86. The number of nitrogens with zero attached hydrogens (tertiary/aromatic N) is 4. The minimum Gasteiger partial charge on any atom is -0.324 e. The monoisotopic (exact) mass is 502 g/mol. The van der Waals surface area contributed by atoms with Gasteiger partial charge >= 0.3 is 6.03 Å². The fourth-order valence-electron chi connectivity index (χ4n) is 3.80. The molecule has 0 spiro atoms. The van der Waals surface area contributed by atoms with Gasteiger partial charge in [0.05, 0.1) is 5.69 Å². The molecule has 0 unspecified atom stereocenters. The normalized spacial score (nSPS) is 13.8. The third kappa shape index (κ3) is 6.69. The number of aromatic nitrogens is 3. The van der Waals surface area contributed by atoms with E-state index in [0.717, 1.165) is 35.3 Å². The number of hydrogen-bond acceptors (Lipinski definition) is 7. The van der Waals surface area contributed by atoms with Gasteiger partial charge in [0.1, 0.15) is 0 Å². The maximum atomic E-state index is 12.9. The second kappa shape index (κ2) is 11.8. The SMILES string of the molecule is C=C(CSC1CCN(C(=O)Nc2ccc(C)c(Nc3nccc(-c4cccnc4)n3)c2)CC1)C(C)=O. The van der Waals surface area contributed by atoms with Crippen molar-refractivity contribution in [2.24, 2.45) is 0 Å². The number of carbonyl (C=O) groups is 2. The van der Waals surface area contributed by atoms with Gasteiger partial charge in [0.15, 0.2) is 5.78 Å². The first-order valence-corrected chi connectivity index (χ1v) is 12.9. The molecule has 2 amide bonds. The van der Waals surface area contributed by atoms with Gasteiger partial charge in [0.25, 0.3) is 0 Å². The largest absolute Gasteiger partial charge is 0.324 e. The van der Waals surface area contributed by atoms with Gasteiger partial charge in [-0.1, -0.05) is 12.6 Å². The van der Waals surface area contributed by atoms with E-state index in [1.807, 2.05) is 48.2 Å². The highest BCUT2D eigenvalue weighted by Gasteiger charge is 2.23. The van der Waals surface area contributed by atoms with Crippen LogP contribution in [0.15, 0.2) is 67.1 Å². The van der Waals surface area contributed by atoms with Gasteiger partial charge in [-0.2, -0.15) is 11.8 Å². The van der Waals surface area contributed by atoms with Crippen molar-refractivity contribution in [1.82, 2.24) is 19.9 Å². The number of nitrogens with one attached hydrogen (secondary N) is 2. The molecule has 0 atom stereocenters. The predicted molar refractivity (Wildman–Crippen MR) is 146 cm³/mol. The molecule has 1 aliphatic heterocycles. The first-order chi connectivity index (χ1) is 17.4. The van der Waals surface area contributed by atoms with Gasteiger partial charge in [-0.25, -0.2) is 14.8 Å². The molecule has 2 N–H and O–H groups in total. The average Bonchev–Trinajstić information content (AvgIpc) is 2.90. The molecule has 0 saturated carbocycles. The molecule has 0 radical (unpaired) electrons. The highest BCUT2D eigenvalue weighted by Crippen LogP contribution is 2.27. The molecular formula is C27H30N6O2S. The number of pyridine rings is 1. The van der Waals surface area contributed by atoms with E-state index in [4.69, 9.17) is 0 Å². The van der Waals surface area contributed by atoms with Crippen LogP contribution in [0.5, 0.6) is 0 Å². The summed E-state index contributed by atoms with van der Waals surface area (Å²) in [6, 6.07) is 11.3. The Morgan fingerprint density at radius 2 is 1.97 bits per heavy atom. The Kier molecular flexibility index (Phi) is 8.32. The van der Waals surface area contributed by atoms with Crippen molar-refractivity contribution in [2.75, 3.05) is 29.5 Å². The topological polar surface area (TPSA) is 100 Å². The number of anilines is 3. The van der Waals surface area contributed by atoms with Crippen LogP contribution in [-0.4, -0.2) is 55.8 Å². The predicted octanol–water partition coefficient (Wildman–Crippen LogP) is 5.47. The first kappa shape index (κ1) is 25.4. The molecule has 4 rings (SSSR count). The summed E-state index contributed by atoms with van der Waals surface area (Å²) in [6.45, 7) is 8.73. The van der Waals surface area contributed by atoms with Crippen molar-refractivity contribution in [1.29, 1.82) is 0 Å². The zero-order valence-corrected chi connectivity index (χ0v) is 21.3. The molecule has 36 heavy (non-hydrogen) atoms. The summed E-state index contributed by atoms with van der Waals surface area (Å²) < 4.78 is 0. The van der Waals surface area contributed by atoms with Crippen LogP contribution >= 0.6 is 11.8 Å². The van der Waals surface area contributed by atoms with Crippen LogP contribution in [0.4, 0.5) is 22.1 Å². The van der Waals surface area contributed by atoms with E-state index in [2.05, 4.69) is 32.2 Å². The van der Waals surface area contributed by atoms with Crippen LogP contribution in [-0.2, 0) is 4.79 Å². The number of benzene rings is 1. The number of likely N-dealkylation sites (tertiary alicyclic amines) is 1. The Balaban J connectivity index is 1.35. The Morgan fingerprint density at radius 1 is 1.17 bits per heavy atom. The lowest BCUT2D eigenvalue weighted by Crippen LogP contribution is -2.41. The van der Waals surface area contributed by atoms with E-state index in [1.54, 1.807) is 37.3 Å². The van der Waals surface area contributed by atoms with Crippen LogP contribution in [0.3, 0.4) is 0 Å². The molecule has 1 saturated heterocycles. The molecular weight excluding hydrogens is 472 g/mol. The van der Waals surface area contributed by atoms with Crippen LogP contribution in [0.1, 0.15) is 25.3 Å². The van der Waals surface area contributed by atoms with Crippen molar-refractivity contribution in [3.05, 3.63) is 72.7 Å². The highest BCUT2D eigenvalue weighted by atomic mass is 32.2. The summed E-state index contributed by atoms with van der Waals surface area (Å²) in [4.78, 5) is 39.2. The molecule has 1 fully saturated rings. The number of urea groups is 1. The number of carbonyl (C=O) groups excluding carboxylic acids is 2. The minimum atomic E-state index is -0.115. The lowest BCUT2D eigenvalue weighted by molar-refractivity contribution is -0.113. The molecule has 1 aliphatic rings. The fraction of sp³-hybridized carbons (Fsp3) is 0.296. The quantitative estimate of drug-likeness (QED) is 0.394. The maximum Gasteiger partial charge on any atom is 0.321 e. The lowest BCUT2D eigenvalue weighted by Gasteiger charge is -2.31. The number of rotatable bonds is 8. The van der Waals surface area contributed by atoms with Crippen molar-refractivity contribution in [2.45, 2.75) is 31.9 Å². The zero-order valence-electron chi connectivity index (χ0n) is 20.5. The Hall–Kier alpha value is -3.72. The molecule has 0 aliphatic carbocycles. The summed E-state index contributed by atoms with van der Waals surface area (Å²) >= 11 is 1.75. The molecule has 9 heteroatoms. The third-order valence-electron chi connectivity index (χ3n) is 6.07. The minimum absolute atomic E-state index is 0.0408. The second-order valence-electron chi connectivity index (χ2n) is 8.75. The highest BCUT2D eigenvalue weighted by molar-refractivity contribution is 8.00. The second-order valence-corrected chi connectivity index (χ2v) is 10.0. The van der Waals surface area contributed by atoms with E-state index >= 15 is 0 Å². The third-order valence-corrected chi connectivity index (χ3v) is 7.53. The van der Waals surface area contributed by atoms with Gasteiger partial charge in [0.2, 0.25) is 5.95 Å². The molecule has 3 aromatic rings. The molecule has 186 valence electrons. The summed E-state index contributed by atoms with van der Waals surface area (Å²) in [6.07, 6.45) is 6.99. The average molecular weight is 503 g/mol. The lowest BCUT2D eigenvalue weighted by atomic mass is 10.1. The van der Waals surface area contributed by atoms with E-state index in [9.17, 15) is 9.59 Å². The van der Waals surface area contributed by atoms with Gasteiger partial charge in [-0.3, -0.25) is 9.78 Å². The maximum absolute atomic E-state index is 12.9. The molecule has 8 nitrogen and oxygen atoms in total. The van der Waals surface area contributed by atoms with Crippen LogP contribution in [0.25, 0.3) is 11.3 Å². The van der Waals surface area contributed by atoms with Crippen LogP contribution < -0.4 is 10.6 Å². The first-order valence-electron chi connectivity index (χ1n) is 11.9. The van der Waals surface area contributed by atoms with E-state index in [-0.39, 0.29) is 11.8 Å². The van der Waals surface area contributed by atoms with Crippen molar-refractivity contribution in [3.8, 4) is 11.3 Å². The molecule has 1 aromatic carbocycles. The zero-order chi connectivity index (χ0) is 25.5. The number of Topliss-reactive ketones (excluding diaryl/α,β-unsaturated/α-hetero) is 1. The van der Waals surface area contributed by atoms with Crippen molar-refractivity contribution >= 4 is 40.9 Å². The van der Waals surface area contributed by atoms with Crippen molar-refractivity contribution in [3.63, 3.8) is 0 Å². The van der Waals surface area contributed by atoms with E-state index < -0.39 is 0 Å².